The Bertz CT molecular complexity index is 682. The number of aliphatic carboxylic acids is 1. The lowest BCUT2D eigenvalue weighted by atomic mass is 9.93. The van der Waals surface area contributed by atoms with Gasteiger partial charge in [0.1, 0.15) is 5.75 Å². The van der Waals surface area contributed by atoms with E-state index in [9.17, 15) is 9.59 Å². The zero-order valence-electron chi connectivity index (χ0n) is 14.0. The van der Waals surface area contributed by atoms with Gasteiger partial charge in [-0.3, -0.25) is 4.79 Å². The van der Waals surface area contributed by atoms with E-state index >= 15 is 0 Å². The van der Waals surface area contributed by atoms with Crippen molar-refractivity contribution in [3.63, 3.8) is 0 Å². The maximum atomic E-state index is 12.7. The molecule has 25 heavy (non-hydrogen) atoms. The molecule has 6 heteroatoms. The predicted octanol–water partition coefficient (Wildman–Crippen LogP) is 3.65. The molecule has 2 aliphatic rings. The van der Waals surface area contributed by atoms with Gasteiger partial charge in [-0.15, -0.1) is 0 Å². The highest BCUT2D eigenvalue weighted by atomic mass is 35.5. The maximum Gasteiger partial charge on any atom is 0.341 e. The number of rotatable bonds is 6. The van der Waals surface area contributed by atoms with Crippen molar-refractivity contribution < 1.29 is 19.4 Å². The van der Waals surface area contributed by atoms with Crippen molar-refractivity contribution in [1.29, 1.82) is 0 Å². The molecule has 0 bridgehead atoms. The van der Waals surface area contributed by atoms with Crippen LogP contribution in [-0.4, -0.2) is 34.5 Å². The molecule has 0 saturated heterocycles. The molecule has 1 amide bonds. The second kappa shape index (κ2) is 7.91. The zero-order chi connectivity index (χ0) is 17.8. The molecule has 1 atom stereocenters. The summed E-state index contributed by atoms with van der Waals surface area (Å²) < 4.78 is 5.20. The van der Waals surface area contributed by atoms with E-state index in [4.69, 9.17) is 21.4 Å². The van der Waals surface area contributed by atoms with Gasteiger partial charge in [0.05, 0.1) is 5.92 Å². The number of carbonyl (C=O) groups is 2. The number of nitrogens with zero attached hydrogens (tertiary/aromatic N) is 1. The van der Waals surface area contributed by atoms with Gasteiger partial charge in [0.15, 0.2) is 6.61 Å². The Kier molecular flexibility index (Phi) is 5.63. The highest BCUT2D eigenvalue weighted by Gasteiger charge is 2.32. The molecular formula is C19H22ClNO4. The highest BCUT2D eigenvalue weighted by molar-refractivity contribution is 6.31. The van der Waals surface area contributed by atoms with Gasteiger partial charge in [-0.25, -0.2) is 4.79 Å². The Balaban J connectivity index is 1.66. The molecule has 0 aromatic heterocycles. The zero-order valence-corrected chi connectivity index (χ0v) is 14.7. The van der Waals surface area contributed by atoms with Crippen LogP contribution in [0.15, 0.2) is 30.5 Å². The molecule has 1 N–H and O–H groups in total. The summed E-state index contributed by atoms with van der Waals surface area (Å²) >= 11 is 6.25. The summed E-state index contributed by atoms with van der Waals surface area (Å²) in [5.74, 6) is -0.692. The van der Waals surface area contributed by atoms with Crippen molar-refractivity contribution in [3.05, 3.63) is 41.1 Å². The fourth-order valence-corrected chi connectivity index (χ4v) is 3.73. The molecule has 1 saturated carbocycles. The Labute approximate surface area is 152 Å². The third-order valence-corrected chi connectivity index (χ3v) is 5.21. The smallest absolute Gasteiger partial charge is 0.341 e. The second-order valence-corrected chi connectivity index (χ2v) is 7.03. The Morgan fingerprint density at radius 3 is 2.76 bits per heavy atom. The summed E-state index contributed by atoms with van der Waals surface area (Å²) in [6, 6.07) is 5.35. The first-order valence-corrected chi connectivity index (χ1v) is 9.06. The fourth-order valence-electron chi connectivity index (χ4n) is 3.54. The van der Waals surface area contributed by atoms with Crippen molar-refractivity contribution in [2.24, 2.45) is 5.92 Å². The van der Waals surface area contributed by atoms with Crippen molar-refractivity contribution in [3.8, 4) is 5.75 Å². The van der Waals surface area contributed by atoms with Gasteiger partial charge in [0.25, 0.3) is 0 Å². The van der Waals surface area contributed by atoms with E-state index in [0.717, 1.165) is 18.4 Å². The highest BCUT2D eigenvalue weighted by Crippen LogP contribution is 2.31. The third kappa shape index (κ3) is 4.34. The van der Waals surface area contributed by atoms with E-state index in [1.807, 2.05) is 17.2 Å². The Morgan fingerprint density at radius 2 is 2.04 bits per heavy atom. The number of hydrogen-bond acceptors (Lipinski definition) is 3. The summed E-state index contributed by atoms with van der Waals surface area (Å²) in [5.41, 5.74) is 0.790. The number of amides is 1. The molecule has 1 unspecified atom stereocenters. The number of carboxylic acid groups (broad SMARTS) is 1. The standard InChI is InChI=1S/C19H22ClNO4/c20-17-7-6-16(25-12-18(22)23)11-14(17)10-13-8-9-21(19(13)24)15-4-2-1-3-5-15/h6-9,11,13,15H,1-5,10,12H2,(H,22,23). The van der Waals surface area contributed by atoms with Crippen LogP contribution in [0.2, 0.25) is 5.02 Å². The number of carbonyl (C=O) groups excluding carboxylic acids is 1. The van der Waals surface area contributed by atoms with E-state index in [-0.39, 0.29) is 11.8 Å². The van der Waals surface area contributed by atoms with E-state index in [1.54, 1.807) is 18.2 Å². The lowest BCUT2D eigenvalue weighted by molar-refractivity contribution is -0.139. The molecule has 1 fully saturated rings. The van der Waals surface area contributed by atoms with Crippen LogP contribution in [0.1, 0.15) is 37.7 Å². The van der Waals surface area contributed by atoms with Gasteiger partial charge in [-0.1, -0.05) is 36.9 Å². The van der Waals surface area contributed by atoms with Gasteiger partial charge in [-0.05, 0) is 43.0 Å². The number of hydrogen-bond donors (Lipinski definition) is 1. The number of carboxylic acids is 1. The Hall–Kier alpha value is -2.01. The molecule has 134 valence electrons. The van der Waals surface area contributed by atoms with Crippen molar-refractivity contribution in [1.82, 2.24) is 4.90 Å². The van der Waals surface area contributed by atoms with Gasteiger partial charge < -0.3 is 14.7 Å². The van der Waals surface area contributed by atoms with E-state index < -0.39 is 12.6 Å². The molecule has 3 rings (SSSR count). The largest absolute Gasteiger partial charge is 0.482 e. The van der Waals surface area contributed by atoms with Crippen LogP contribution in [0.25, 0.3) is 0 Å². The van der Waals surface area contributed by atoms with Crippen LogP contribution < -0.4 is 4.74 Å². The summed E-state index contributed by atoms with van der Waals surface area (Å²) in [6.45, 7) is -0.404. The first-order chi connectivity index (χ1) is 12.0. The van der Waals surface area contributed by atoms with Crippen LogP contribution in [0.4, 0.5) is 0 Å². The lowest BCUT2D eigenvalue weighted by Crippen LogP contribution is -2.37. The van der Waals surface area contributed by atoms with E-state index in [0.29, 0.717) is 23.2 Å². The van der Waals surface area contributed by atoms with Crippen molar-refractivity contribution in [2.75, 3.05) is 6.61 Å². The van der Waals surface area contributed by atoms with Crippen LogP contribution >= 0.6 is 11.6 Å². The first kappa shape index (κ1) is 17.8. The topological polar surface area (TPSA) is 66.8 Å². The van der Waals surface area contributed by atoms with Gasteiger partial charge in [0.2, 0.25) is 5.91 Å². The van der Waals surface area contributed by atoms with Crippen LogP contribution in [0, 0.1) is 5.92 Å². The molecule has 0 radical (unpaired) electrons. The minimum absolute atomic E-state index is 0.125. The van der Waals surface area contributed by atoms with Gasteiger partial charge >= 0.3 is 5.97 Å². The third-order valence-electron chi connectivity index (χ3n) is 4.84. The number of benzene rings is 1. The maximum absolute atomic E-state index is 12.7. The summed E-state index contributed by atoms with van der Waals surface area (Å²) in [6.07, 6.45) is 10.1. The van der Waals surface area contributed by atoms with Crippen LogP contribution in [-0.2, 0) is 16.0 Å². The average molecular weight is 364 g/mol. The molecule has 1 aliphatic heterocycles. The van der Waals surface area contributed by atoms with Crippen LogP contribution in [0.5, 0.6) is 5.75 Å². The Morgan fingerprint density at radius 1 is 1.28 bits per heavy atom. The van der Waals surface area contributed by atoms with E-state index in [1.165, 1.54) is 19.3 Å². The molecule has 1 aromatic carbocycles. The fraction of sp³-hybridized carbons (Fsp3) is 0.474. The molecule has 0 spiro atoms. The minimum Gasteiger partial charge on any atom is -0.482 e. The predicted molar refractivity (Wildman–Crippen MR) is 94.6 cm³/mol. The monoisotopic (exact) mass is 363 g/mol. The molecule has 5 nitrogen and oxygen atoms in total. The number of ether oxygens (including phenoxy) is 1. The summed E-state index contributed by atoms with van der Waals surface area (Å²) in [7, 11) is 0. The normalized spacial score (nSPS) is 20.9. The summed E-state index contributed by atoms with van der Waals surface area (Å²) in [4.78, 5) is 25.2. The quantitative estimate of drug-likeness (QED) is 0.837. The summed E-state index contributed by atoms with van der Waals surface area (Å²) in [5, 5.41) is 9.26. The van der Waals surface area contributed by atoms with E-state index in [2.05, 4.69) is 0 Å². The molecule has 1 heterocycles. The average Bonchev–Trinajstić information content (AvgIpc) is 2.97. The molecular weight excluding hydrogens is 342 g/mol. The SMILES string of the molecule is O=C(O)COc1ccc(Cl)c(CC2C=CN(C3CCCCC3)C2=O)c1. The van der Waals surface area contributed by atoms with Crippen LogP contribution in [0.3, 0.4) is 0 Å². The first-order valence-electron chi connectivity index (χ1n) is 8.68. The lowest BCUT2D eigenvalue weighted by Gasteiger charge is -2.30. The second-order valence-electron chi connectivity index (χ2n) is 6.63. The molecule has 1 aromatic rings. The number of halogens is 1. The molecule has 1 aliphatic carbocycles. The van der Waals surface area contributed by atoms with Gasteiger partial charge in [-0.2, -0.15) is 0 Å². The van der Waals surface area contributed by atoms with Crippen molar-refractivity contribution in [2.45, 2.75) is 44.6 Å². The van der Waals surface area contributed by atoms with Gasteiger partial charge in [0, 0.05) is 17.3 Å². The minimum atomic E-state index is -1.03. The van der Waals surface area contributed by atoms with Crippen molar-refractivity contribution >= 4 is 23.5 Å².